The molecule has 154 valence electrons. The maximum atomic E-state index is 12.9. The lowest BCUT2D eigenvalue weighted by Crippen LogP contribution is -2.36. The van der Waals surface area contributed by atoms with E-state index >= 15 is 0 Å². The van der Waals surface area contributed by atoms with Crippen LogP contribution in [-0.4, -0.2) is 21.6 Å². The molecule has 30 heavy (non-hydrogen) atoms. The molecule has 1 aliphatic heterocycles. The lowest BCUT2D eigenvalue weighted by atomic mass is 10.1. The number of nitrogens with zero attached hydrogens (tertiary/aromatic N) is 2. The summed E-state index contributed by atoms with van der Waals surface area (Å²) >= 11 is 0. The monoisotopic (exact) mass is 414 g/mol. The number of carbonyl (C=O) groups excluding carboxylic acids is 2. The summed E-state index contributed by atoms with van der Waals surface area (Å²) in [6, 6.07) is 12.6. The first-order valence-corrected chi connectivity index (χ1v) is 9.16. The molecular formula is C21H17F3N4O2. The van der Waals surface area contributed by atoms with E-state index in [1.165, 1.54) is 16.8 Å². The van der Waals surface area contributed by atoms with Crippen LogP contribution in [0, 0.1) is 6.92 Å². The SMILES string of the molecule is Cc1c(-c2ccccc2)nn2c1NC(=O)CC2C(=O)Nc1cccc(C(F)(F)F)c1. The molecule has 2 N–H and O–H groups in total. The standard InChI is InChI=1S/C21H17F3N4O2/c1-12-18(13-6-3-2-4-7-13)27-28-16(11-17(29)26-19(12)28)20(30)25-15-9-5-8-14(10-15)21(22,23)24/h2-10,16H,11H2,1H3,(H,25,30)(H,26,29). The number of benzene rings is 2. The lowest BCUT2D eigenvalue weighted by molar-refractivity contribution is -0.137. The summed E-state index contributed by atoms with van der Waals surface area (Å²) < 4.78 is 40.2. The quantitative estimate of drug-likeness (QED) is 0.667. The normalized spacial score (nSPS) is 16.0. The highest BCUT2D eigenvalue weighted by molar-refractivity contribution is 6.02. The molecule has 0 saturated heterocycles. The van der Waals surface area contributed by atoms with E-state index in [1.54, 1.807) is 6.92 Å². The van der Waals surface area contributed by atoms with Crippen molar-refractivity contribution >= 4 is 23.3 Å². The largest absolute Gasteiger partial charge is 0.416 e. The lowest BCUT2D eigenvalue weighted by Gasteiger charge is -2.24. The average molecular weight is 414 g/mol. The number of fused-ring (bicyclic) bond motifs is 1. The second-order valence-electron chi connectivity index (χ2n) is 6.97. The fraction of sp³-hybridized carbons (Fsp3) is 0.190. The van der Waals surface area contributed by atoms with Crippen LogP contribution < -0.4 is 10.6 Å². The van der Waals surface area contributed by atoms with Crippen molar-refractivity contribution in [2.75, 3.05) is 10.6 Å². The van der Waals surface area contributed by atoms with Crippen LogP contribution >= 0.6 is 0 Å². The van der Waals surface area contributed by atoms with Crippen molar-refractivity contribution in [3.63, 3.8) is 0 Å². The van der Waals surface area contributed by atoms with Crippen molar-refractivity contribution < 1.29 is 22.8 Å². The fourth-order valence-electron chi connectivity index (χ4n) is 3.41. The highest BCUT2D eigenvalue weighted by Crippen LogP contribution is 2.35. The number of amides is 2. The summed E-state index contributed by atoms with van der Waals surface area (Å²) in [4.78, 5) is 25.1. The van der Waals surface area contributed by atoms with Crippen molar-refractivity contribution in [2.45, 2.75) is 25.6 Å². The molecule has 1 atom stereocenters. The Morgan fingerprint density at radius 2 is 1.90 bits per heavy atom. The van der Waals surface area contributed by atoms with Gasteiger partial charge < -0.3 is 10.6 Å². The van der Waals surface area contributed by atoms with Crippen LogP contribution in [0.15, 0.2) is 54.6 Å². The maximum absolute atomic E-state index is 12.9. The highest BCUT2D eigenvalue weighted by Gasteiger charge is 2.35. The van der Waals surface area contributed by atoms with Gasteiger partial charge in [-0.05, 0) is 25.1 Å². The highest BCUT2D eigenvalue weighted by atomic mass is 19.4. The Morgan fingerprint density at radius 3 is 2.60 bits per heavy atom. The number of alkyl halides is 3. The topological polar surface area (TPSA) is 76.0 Å². The van der Waals surface area contributed by atoms with Gasteiger partial charge in [0, 0.05) is 16.8 Å². The zero-order chi connectivity index (χ0) is 21.5. The Kier molecular flexibility index (Phi) is 4.81. The van der Waals surface area contributed by atoms with E-state index in [1.807, 2.05) is 30.3 Å². The molecule has 3 aromatic rings. The Hall–Kier alpha value is -3.62. The molecule has 0 spiro atoms. The van der Waals surface area contributed by atoms with Gasteiger partial charge in [0.15, 0.2) is 0 Å². The molecule has 2 aromatic carbocycles. The van der Waals surface area contributed by atoms with Crippen LogP contribution in [0.4, 0.5) is 24.7 Å². The first kappa shape index (κ1) is 19.7. The van der Waals surface area contributed by atoms with Crippen molar-refractivity contribution in [2.24, 2.45) is 0 Å². The first-order valence-electron chi connectivity index (χ1n) is 9.16. The summed E-state index contributed by atoms with van der Waals surface area (Å²) in [7, 11) is 0. The van der Waals surface area contributed by atoms with Gasteiger partial charge in [0.25, 0.3) is 0 Å². The van der Waals surface area contributed by atoms with E-state index in [9.17, 15) is 22.8 Å². The number of halogens is 3. The number of nitrogens with one attached hydrogen (secondary N) is 2. The maximum Gasteiger partial charge on any atom is 0.416 e. The van der Waals surface area contributed by atoms with E-state index in [-0.39, 0.29) is 18.0 Å². The third-order valence-electron chi connectivity index (χ3n) is 4.89. The van der Waals surface area contributed by atoms with Gasteiger partial charge in [0.1, 0.15) is 11.9 Å². The number of hydrogen-bond donors (Lipinski definition) is 2. The second kappa shape index (κ2) is 7.33. The Balaban J connectivity index is 1.66. The summed E-state index contributed by atoms with van der Waals surface area (Å²) in [5.41, 5.74) is 1.26. The van der Waals surface area contributed by atoms with Gasteiger partial charge >= 0.3 is 6.18 Å². The minimum Gasteiger partial charge on any atom is -0.324 e. The molecule has 1 unspecified atom stereocenters. The summed E-state index contributed by atoms with van der Waals surface area (Å²) in [5, 5.41) is 9.72. The van der Waals surface area contributed by atoms with E-state index in [4.69, 9.17) is 0 Å². The number of hydrogen-bond acceptors (Lipinski definition) is 3. The van der Waals surface area contributed by atoms with E-state index in [2.05, 4.69) is 15.7 Å². The van der Waals surface area contributed by atoms with Crippen molar-refractivity contribution in [1.82, 2.24) is 9.78 Å². The second-order valence-corrected chi connectivity index (χ2v) is 6.97. The number of aromatic nitrogens is 2. The molecule has 0 radical (unpaired) electrons. The smallest absolute Gasteiger partial charge is 0.324 e. The van der Waals surface area contributed by atoms with Crippen molar-refractivity contribution in [1.29, 1.82) is 0 Å². The zero-order valence-corrected chi connectivity index (χ0v) is 15.8. The molecular weight excluding hydrogens is 397 g/mol. The van der Waals surface area contributed by atoms with Gasteiger partial charge in [-0.15, -0.1) is 0 Å². The first-order chi connectivity index (χ1) is 14.2. The van der Waals surface area contributed by atoms with Crippen LogP contribution in [0.1, 0.15) is 23.6 Å². The predicted octanol–water partition coefficient (Wildman–Crippen LogP) is 4.40. The third-order valence-corrected chi connectivity index (χ3v) is 4.89. The Morgan fingerprint density at radius 1 is 1.17 bits per heavy atom. The van der Waals surface area contributed by atoms with Gasteiger partial charge in [0.2, 0.25) is 11.8 Å². The minimum atomic E-state index is -4.53. The van der Waals surface area contributed by atoms with Gasteiger partial charge in [0.05, 0.1) is 17.7 Å². The van der Waals surface area contributed by atoms with Gasteiger partial charge in [-0.3, -0.25) is 9.59 Å². The van der Waals surface area contributed by atoms with Gasteiger partial charge in [-0.25, -0.2) is 4.68 Å². The third kappa shape index (κ3) is 3.66. The number of rotatable bonds is 3. The molecule has 0 fully saturated rings. The number of anilines is 2. The summed E-state index contributed by atoms with van der Waals surface area (Å²) in [5.74, 6) is -0.587. The molecule has 1 aromatic heterocycles. The van der Waals surface area contributed by atoms with Crippen LogP contribution in [0.3, 0.4) is 0 Å². The molecule has 1 aliphatic rings. The summed E-state index contributed by atoms with van der Waals surface area (Å²) in [6.45, 7) is 1.79. The zero-order valence-electron chi connectivity index (χ0n) is 15.8. The molecule has 0 bridgehead atoms. The molecule has 6 nitrogen and oxygen atoms in total. The van der Waals surface area contributed by atoms with Crippen LogP contribution in [-0.2, 0) is 15.8 Å². The van der Waals surface area contributed by atoms with Crippen molar-refractivity contribution in [3.05, 3.63) is 65.7 Å². The van der Waals surface area contributed by atoms with Gasteiger partial charge in [-0.1, -0.05) is 36.4 Å². The molecule has 0 aliphatic carbocycles. The van der Waals surface area contributed by atoms with Crippen LogP contribution in [0.25, 0.3) is 11.3 Å². The van der Waals surface area contributed by atoms with Gasteiger partial charge in [-0.2, -0.15) is 18.3 Å². The molecule has 4 rings (SSSR count). The van der Waals surface area contributed by atoms with Crippen molar-refractivity contribution in [3.8, 4) is 11.3 Å². The number of carbonyl (C=O) groups is 2. The Labute approximate surface area is 169 Å². The molecule has 9 heteroatoms. The molecule has 2 heterocycles. The van der Waals surface area contributed by atoms with Crippen LogP contribution in [0.5, 0.6) is 0 Å². The van der Waals surface area contributed by atoms with E-state index < -0.39 is 23.7 Å². The van der Waals surface area contributed by atoms with Crippen LogP contribution in [0.2, 0.25) is 0 Å². The minimum absolute atomic E-state index is 0.00508. The Bertz CT molecular complexity index is 1120. The van der Waals surface area contributed by atoms with E-state index in [0.29, 0.717) is 17.1 Å². The molecule has 2 amide bonds. The predicted molar refractivity (Wildman–Crippen MR) is 105 cm³/mol. The fourth-order valence-corrected chi connectivity index (χ4v) is 3.41. The van der Waals surface area contributed by atoms with E-state index in [0.717, 1.165) is 17.7 Å². The molecule has 0 saturated carbocycles. The summed E-state index contributed by atoms with van der Waals surface area (Å²) in [6.07, 6.45) is -4.70. The average Bonchev–Trinajstić information content (AvgIpc) is 3.04.